The van der Waals surface area contributed by atoms with Crippen LogP contribution in [0, 0.1) is 0 Å². The molecule has 2 saturated heterocycles. The third-order valence-corrected chi connectivity index (χ3v) is 3.35. The van der Waals surface area contributed by atoms with Crippen molar-refractivity contribution in [2.24, 2.45) is 0 Å². The third kappa shape index (κ3) is 4.34. The normalized spacial score (nSPS) is 22.2. The minimum atomic E-state index is -1.04. The molecule has 2 aliphatic rings. The van der Waals surface area contributed by atoms with Crippen molar-refractivity contribution >= 4 is 12.0 Å². The van der Waals surface area contributed by atoms with E-state index >= 15 is 0 Å². The van der Waals surface area contributed by atoms with Crippen LogP contribution >= 0.6 is 0 Å². The van der Waals surface area contributed by atoms with E-state index in [1.807, 2.05) is 4.90 Å². The van der Waals surface area contributed by atoms with Gasteiger partial charge in [-0.2, -0.15) is 0 Å². The molecule has 0 aromatic carbocycles. The Kier molecular flexibility index (Phi) is 4.94. The van der Waals surface area contributed by atoms with Crippen molar-refractivity contribution in [3.8, 4) is 0 Å². The molecule has 19 heavy (non-hydrogen) atoms. The number of morpholine rings is 1. The van der Waals surface area contributed by atoms with Crippen LogP contribution in [-0.4, -0.2) is 90.9 Å². The number of nitrogens with one attached hydrogen (secondary N) is 1. The number of amides is 2. The molecule has 2 rings (SSSR count). The zero-order chi connectivity index (χ0) is 13.7. The SMILES string of the molecule is O=C(O)NN1CCN(CC(=O)N2CCOCC2)CC1. The highest BCUT2D eigenvalue weighted by Gasteiger charge is 2.23. The van der Waals surface area contributed by atoms with Crippen LogP contribution in [0.2, 0.25) is 0 Å². The number of ether oxygens (including phenoxy) is 1. The second-order valence-electron chi connectivity index (χ2n) is 4.67. The Labute approximate surface area is 111 Å². The molecule has 0 spiro atoms. The van der Waals surface area contributed by atoms with Crippen LogP contribution in [0.1, 0.15) is 0 Å². The molecule has 0 saturated carbocycles. The van der Waals surface area contributed by atoms with Crippen molar-refractivity contribution in [2.75, 3.05) is 59.0 Å². The Balaban J connectivity index is 1.69. The fourth-order valence-corrected chi connectivity index (χ4v) is 2.26. The zero-order valence-electron chi connectivity index (χ0n) is 10.9. The number of carbonyl (C=O) groups is 2. The summed E-state index contributed by atoms with van der Waals surface area (Å²) in [5.74, 6) is 0.128. The third-order valence-electron chi connectivity index (χ3n) is 3.35. The van der Waals surface area contributed by atoms with Gasteiger partial charge in [-0.25, -0.2) is 9.80 Å². The van der Waals surface area contributed by atoms with Crippen molar-refractivity contribution in [3.63, 3.8) is 0 Å². The second kappa shape index (κ2) is 6.69. The van der Waals surface area contributed by atoms with E-state index in [0.29, 0.717) is 59.0 Å². The molecular formula is C11H20N4O4. The molecule has 0 radical (unpaired) electrons. The van der Waals surface area contributed by atoms with E-state index in [4.69, 9.17) is 9.84 Å². The molecule has 0 atom stereocenters. The minimum Gasteiger partial charge on any atom is -0.464 e. The van der Waals surface area contributed by atoms with Crippen molar-refractivity contribution < 1.29 is 19.4 Å². The lowest BCUT2D eigenvalue weighted by molar-refractivity contribution is -0.137. The van der Waals surface area contributed by atoms with Crippen LogP contribution in [0.25, 0.3) is 0 Å². The van der Waals surface area contributed by atoms with E-state index in [1.54, 1.807) is 5.01 Å². The molecule has 2 aliphatic heterocycles. The molecule has 0 unspecified atom stereocenters. The molecule has 108 valence electrons. The summed E-state index contributed by atoms with van der Waals surface area (Å²) in [5, 5.41) is 10.3. The molecular weight excluding hydrogens is 252 g/mol. The maximum atomic E-state index is 12.0. The molecule has 2 heterocycles. The van der Waals surface area contributed by atoms with Gasteiger partial charge in [0.25, 0.3) is 0 Å². The number of carbonyl (C=O) groups excluding carboxylic acids is 1. The first-order valence-corrected chi connectivity index (χ1v) is 6.47. The van der Waals surface area contributed by atoms with Gasteiger partial charge in [0.15, 0.2) is 0 Å². The van der Waals surface area contributed by atoms with Crippen molar-refractivity contribution in [1.82, 2.24) is 20.2 Å². The summed E-state index contributed by atoms with van der Waals surface area (Å²) >= 11 is 0. The number of carboxylic acid groups (broad SMARTS) is 1. The predicted molar refractivity (Wildman–Crippen MR) is 66.6 cm³/mol. The van der Waals surface area contributed by atoms with Crippen LogP contribution < -0.4 is 5.43 Å². The van der Waals surface area contributed by atoms with Gasteiger partial charge in [-0.15, -0.1) is 0 Å². The van der Waals surface area contributed by atoms with E-state index in [1.165, 1.54) is 0 Å². The maximum Gasteiger partial charge on any atom is 0.419 e. The Morgan fingerprint density at radius 3 is 2.26 bits per heavy atom. The number of nitrogens with zero attached hydrogens (tertiary/aromatic N) is 3. The van der Waals surface area contributed by atoms with E-state index in [0.717, 1.165) is 0 Å². The van der Waals surface area contributed by atoms with E-state index in [9.17, 15) is 9.59 Å². The largest absolute Gasteiger partial charge is 0.464 e. The Morgan fingerprint density at radius 1 is 1.05 bits per heavy atom. The minimum absolute atomic E-state index is 0.128. The molecule has 2 amide bonds. The predicted octanol–water partition coefficient (Wildman–Crippen LogP) is -1.35. The Hall–Kier alpha value is -1.38. The monoisotopic (exact) mass is 272 g/mol. The summed E-state index contributed by atoms with van der Waals surface area (Å²) in [6.07, 6.45) is -1.04. The molecule has 2 N–H and O–H groups in total. The summed E-state index contributed by atoms with van der Waals surface area (Å²) in [4.78, 5) is 26.4. The zero-order valence-corrected chi connectivity index (χ0v) is 10.9. The lowest BCUT2D eigenvalue weighted by atomic mass is 10.3. The van der Waals surface area contributed by atoms with Crippen molar-refractivity contribution in [3.05, 3.63) is 0 Å². The first-order chi connectivity index (χ1) is 9.15. The average molecular weight is 272 g/mol. The summed E-state index contributed by atoms with van der Waals surface area (Å²) in [7, 11) is 0. The lowest BCUT2D eigenvalue weighted by Gasteiger charge is -2.35. The molecule has 2 fully saturated rings. The van der Waals surface area contributed by atoms with E-state index in [-0.39, 0.29) is 5.91 Å². The van der Waals surface area contributed by atoms with Crippen molar-refractivity contribution in [1.29, 1.82) is 0 Å². The molecule has 0 bridgehead atoms. The van der Waals surface area contributed by atoms with E-state index < -0.39 is 6.09 Å². The van der Waals surface area contributed by atoms with Gasteiger partial charge in [0.2, 0.25) is 5.91 Å². The number of hydrogen-bond acceptors (Lipinski definition) is 5. The quantitative estimate of drug-likeness (QED) is 0.660. The summed E-state index contributed by atoms with van der Waals surface area (Å²) in [5.41, 5.74) is 2.33. The standard InChI is InChI=1S/C11H20N4O4/c16-10(14-5-7-19-8-6-14)9-13-1-3-15(4-2-13)12-11(17)18/h12H,1-9H2,(H,17,18). The Morgan fingerprint density at radius 2 is 1.68 bits per heavy atom. The first kappa shape index (κ1) is 14.0. The molecule has 0 aliphatic carbocycles. The number of hydrazine groups is 1. The van der Waals surface area contributed by atoms with Crippen LogP contribution in [0.5, 0.6) is 0 Å². The highest BCUT2D eigenvalue weighted by atomic mass is 16.5. The molecule has 0 aromatic heterocycles. The molecule has 0 aromatic rings. The van der Waals surface area contributed by atoms with Gasteiger partial charge in [-0.3, -0.25) is 15.1 Å². The molecule has 8 heteroatoms. The van der Waals surface area contributed by atoms with Gasteiger partial charge in [-0.05, 0) is 0 Å². The fraction of sp³-hybridized carbons (Fsp3) is 0.818. The van der Waals surface area contributed by atoms with Gasteiger partial charge in [-0.1, -0.05) is 0 Å². The lowest BCUT2D eigenvalue weighted by Crippen LogP contribution is -2.55. The maximum absolute atomic E-state index is 12.0. The smallest absolute Gasteiger partial charge is 0.419 e. The van der Waals surface area contributed by atoms with Crippen LogP contribution in [0.3, 0.4) is 0 Å². The van der Waals surface area contributed by atoms with Gasteiger partial charge >= 0.3 is 6.09 Å². The van der Waals surface area contributed by atoms with Crippen LogP contribution in [0.15, 0.2) is 0 Å². The van der Waals surface area contributed by atoms with Crippen LogP contribution in [0.4, 0.5) is 4.79 Å². The topological polar surface area (TPSA) is 85.3 Å². The highest BCUT2D eigenvalue weighted by molar-refractivity contribution is 5.78. The highest BCUT2D eigenvalue weighted by Crippen LogP contribution is 2.03. The fourth-order valence-electron chi connectivity index (χ4n) is 2.26. The van der Waals surface area contributed by atoms with Gasteiger partial charge < -0.3 is 14.7 Å². The van der Waals surface area contributed by atoms with Crippen molar-refractivity contribution in [2.45, 2.75) is 0 Å². The second-order valence-corrected chi connectivity index (χ2v) is 4.67. The van der Waals surface area contributed by atoms with Gasteiger partial charge in [0.05, 0.1) is 19.8 Å². The summed E-state index contributed by atoms with van der Waals surface area (Å²) < 4.78 is 5.21. The van der Waals surface area contributed by atoms with E-state index in [2.05, 4.69) is 10.3 Å². The number of piperazine rings is 1. The average Bonchev–Trinajstić information content (AvgIpc) is 2.41. The summed E-state index contributed by atoms with van der Waals surface area (Å²) in [6.45, 7) is 5.54. The molecule has 8 nitrogen and oxygen atoms in total. The number of hydrogen-bond donors (Lipinski definition) is 2. The first-order valence-electron chi connectivity index (χ1n) is 6.47. The van der Waals surface area contributed by atoms with Crippen LogP contribution in [-0.2, 0) is 9.53 Å². The van der Waals surface area contributed by atoms with Gasteiger partial charge in [0, 0.05) is 39.3 Å². The van der Waals surface area contributed by atoms with Gasteiger partial charge in [0.1, 0.15) is 0 Å². The Bertz CT molecular complexity index is 325. The summed E-state index contributed by atoms with van der Waals surface area (Å²) in [6, 6.07) is 0. The number of rotatable bonds is 3.